The summed E-state index contributed by atoms with van der Waals surface area (Å²) in [6.45, 7) is 0. The summed E-state index contributed by atoms with van der Waals surface area (Å²) in [7, 11) is -2.39. The number of rotatable bonds is 2. The van der Waals surface area contributed by atoms with Gasteiger partial charge in [0, 0.05) is 5.92 Å². The maximum atomic E-state index is 11.4. The Morgan fingerprint density at radius 1 is 1.00 bits per heavy atom. The van der Waals surface area contributed by atoms with Crippen molar-refractivity contribution >= 4 is 22.9 Å². The molecule has 4 rings (SSSR count). The molecule has 2 aromatic carbocycles. The molecule has 3 heteroatoms. The Bertz CT molecular complexity index is 1020. The molecule has 0 amide bonds. The fourth-order valence-corrected chi connectivity index (χ4v) is 4.45. The van der Waals surface area contributed by atoms with Crippen LogP contribution in [0.1, 0.15) is 29.9 Å². The summed E-state index contributed by atoms with van der Waals surface area (Å²) >= 11 is 0. The molecule has 2 nitrogen and oxygen atoms in total. The number of hydrogen-bond acceptors (Lipinski definition) is 2. The standard InChI is InChI=1S/C19H18O2S/c20-22(21)12-15-11-14-6-2-3-7-16(14)18-10-9-13-5-1-4-8-17(13)19(15)18/h2-3,5-7,9-11,15,22H,1,4,8,12H2. The van der Waals surface area contributed by atoms with E-state index in [2.05, 4.69) is 42.5 Å². The quantitative estimate of drug-likeness (QED) is 0.855. The molecule has 1 atom stereocenters. The van der Waals surface area contributed by atoms with Gasteiger partial charge in [-0.1, -0.05) is 48.6 Å². The molecule has 112 valence electrons. The molecule has 0 aliphatic heterocycles. The maximum Gasteiger partial charge on any atom is 0.141 e. The SMILES string of the molecule is O=[SH](=O)CC1C=c2ccccc2=c2ccc3c(c21)CCCC=3. The molecular formula is C19H18O2S. The highest BCUT2D eigenvalue weighted by Gasteiger charge is 2.20. The van der Waals surface area contributed by atoms with Gasteiger partial charge in [0.15, 0.2) is 0 Å². The van der Waals surface area contributed by atoms with E-state index in [4.69, 9.17) is 0 Å². The van der Waals surface area contributed by atoms with Crippen molar-refractivity contribution in [2.45, 2.75) is 25.2 Å². The molecule has 0 heterocycles. The normalized spacial score (nSPS) is 18.7. The number of hydrogen-bond donors (Lipinski definition) is 1. The lowest BCUT2D eigenvalue weighted by Crippen LogP contribution is -2.23. The first-order chi connectivity index (χ1) is 10.7. The van der Waals surface area contributed by atoms with Gasteiger partial charge in [0.1, 0.15) is 10.7 Å². The summed E-state index contributed by atoms with van der Waals surface area (Å²) in [5.74, 6) is 0.181. The molecule has 2 aliphatic rings. The lowest BCUT2D eigenvalue weighted by molar-refractivity contribution is 0.612. The highest BCUT2D eigenvalue weighted by atomic mass is 32.2. The largest absolute Gasteiger partial charge is 0.232 e. The van der Waals surface area contributed by atoms with Gasteiger partial charge in [0.2, 0.25) is 0 Å². The summed E-state index contributed by atoms with van der Waals surface area (Å²) in [5, 5.41) is 4.89. The number of fused-ring (bicyclic) bond motifs is 4. The van der Waals surface area contributed by atoms with Crippen LogP contribution in [0.15, 0.2) is 36.4 Å². The second-order valence-corrected chi connectivity index (χ2v) is 7.10. The molecular weight excluding hydrogens is 292 g/mol. The zero-order chi connectivity index (χ0) is 15.1. The van der Waals surface area contributed by atoms with E-state index < -0.39 is 10.7 Å². The fraction of sp³-hybridized carbons (Fsp3) is 0.263. The van der Waals surface area contributed by atoms with Gasteiger partial charge < -0.3 is 0 Å². The van der Waals surface area contributed by atoms with Crippen molar-refractivity contribution < 1.29 is 8.42 Å². The van der Waals surface area contributed by atoms with Crippen molar-refractivity contribution in [1.29, 1.82) is 0 Å². The second-order valence-electron chi connectivity index (χ2n) is 6.07. The van der Waals surface area contributed by atoms with E-state index >= 15 is 0 Å². The molecule has 0 bridgehead atoms. The highest BCUT2D eigenvalue weighted by Crippen LogP contribution is 2.26. The first kappa shape index (κ1) is 13.8. The molecule has 0 saturated heterocycles. The Kier molecular flexibility index (Phi) is 3.38. The molecule has 22 heavy (non-hydrogen) atoms. The van der Waals surface area contributed by atoms with Gasteiger partial charge in [-0.25, -0.2) is 8.42 Å². The van der Waals surface area contributed by atoms with E-state index in [9.17, 15) is 8.42 Å². The second kappa shape index (κ2) is 5.40. The predicted molar refractivity (Wildman–Crippen MR) is 89.6 cm³/mol. The van der Waals surface area contributed by atoms with Gasteiger partial charge in [-0.2, -0.15) is 0 Å². The molecule has 0 saturated carbocycles. The monoisotopic (exact) mass is 310 g/mol. The maximum absolute atomic E-state index is 11.4. The summed E-state index contributed by atoms with van der Waals surface area (Å²) in [6.07, 6.45) is 7.75. The van der Waals surface area contributed by atoms with Gasteiger partial charge in [-0.3, -0.25) is 0 Å². The predicted octanol–water partition coefficient (Wildman–Crippen LogP) is 1.58. The van der Waals surface area contributed by atoms with Crippen molar-refractivity contribution in [3.8, 4) is 0 Å². The lowest BCUT2D eigenvalue weighted by atomic mass is 9.84. The Balaban J connectivity index is 2.17. The van der Waals surface area contributed by atoms with Crippen LogP contribution < -0.4 is 10.4 Å². The van der Waals surface area contributed by atoms with Crippen molar-refractivity contribution in [2.24, 2.45) is 0 Å². The summed E-state index contributed by atoms with van der Waals surface area (Å²) in [6, 6.07) is 12.7. The van der Waals surface area contributed by atoms with E-state index in [1.807, 2.05) is 6.07 Å². The first-order valence-corrected chi connectivity index (χ1v) is 9.15. The molecule has 2 aromatic rings. The third-order valence-electron chi connectivity index (χ3n) is 4.74. The van der Waals surface area contributed by atoms with Gasteiger partial charge in [-0.05, 0) is 51.3 Å². The van der Waals surface area contributed by atoms with Crippen molar-refractivity contribution in [3.63, 3.8) is 0 Å². The van der Waals surface area contributed by atoms with Gasteiger partial charge in [0.25, 0.3) is 0 Å². The first-order valence-electron chi connectivity index (χ1n) is 7.79. The third-order valence-corrected chi connectivity index (χ3v) is 5.43. The third kappa shape index (κ3) is 2.20. The van der Waals surface area contributed by atoms with E-state index in [1.165, 1.54) is 26.8 Å². The van der Waals surface area contributed by atoms with Crippen LogP contribution in [0.25, 0.3) is 12.2 Å². The lowest BCUT2D eigenvalue weighted by Gasteiger charge is -2.22. The summed E-state index contributed by atoms with van der Waals surface area (Å²) < 4.78 is 22.7. The van der Waals surface area contributed by atoms with Crippen LogP contribution in [0, 0.1) is 10.4 Å². The van der Waals surface area contributed by atoms with Crippen LogP contribution in [0.4, 0.5) is 0 Å². The molecule has 2 aliphatic carbocycles. The minimum atomic E-state index is -2.39. The highest BCUT2D eigenvalue weighted by molar-refractivity contribution is 7.72. The van der Waals surface area contributed by atoms with Crippen LogP contribution in [0.3, 0.4) is 0 Å². The van der Waals surface area contributed by atoms with E-state index in [-0.39, 0.29) is 11.7 Å². The smallest absolute Gasteiger partial charge is 0.141 e. The zero-order valence-electron chi connectivity index (χ0n) is 12.3. The van der Waals surface area contributed by atoms with E-state index in [1.54, 1.807) is 0 Å². The fourth-order valence-electron chi connectivity index (χ4n) is 3.84. The average Bonchev–Trinajstić information content (AvgIpc) is 2.54. The Morgan fingerprint density at radius 2 is 1.86 bits per heavy atom. The topological polar surface area (TPSA) is 34.1 Å². The van der Waals surface area contributed by atoms with Gasteiger partial charge >= 0.3 is 0 Å². The van der Waals surface area contributed by atoms with Crippen LogP contribution in [0.5, 0.6) is 0 Å². The summed E-state index contributed by atoms with van der Waals surface area (Å²) in [4.78, 5) is 0. The zero-order valence-corrected chi connectivity index (χ0v) is 13.2. The molecule has 0 fully saturated rings. The number of benzene rings is 2. The molecule has 0 N–H and O–H groups in total. The summed E-state index contributed by atoms with van der Waals surface area (Å²) in [5.41, 5.74) is 2.60. The van der Waals surface area contributed by atoms with E-state index in [0.717, 1.165) is 24.5 Å². The van der Waals surface area contributed by atoms with Crippen LogP contribution >= 0.6 is 0 Å². The van der Waals surface area contributed by atoms with Crippen molar-refractivity contribution in [1.82, 2.24) is 0 Å². The van der Waals surface area contributed by atoms with E-state index in [0.29, 0.717) is 0 Å². The minimum Gasteiger partial charge on any atom is -0.232 e. The Morgan fingerprint density at radius 3 is 2.73 bits per heavy atom. The molecule has 0 radical (unpaired) electrons. The average molecular weight is 310 g/mol. The minimum absolute atomic E-state index is 0.0209. The van der Waals surface area contributed by atoms with Crippen molar-refractivity contribution in [3.05, 3.63) is 68.4 Å². The van der Waals surface area contributed by atoms with Crippen molar-refractivity contribution in [2.75, 3.05) is 5.75 Å². The number of thiol groups is 1. The van der Waals surface area contributed by atoms with Gasteiger partial charge in [0.05, 0.1) is 5.75 Å². The Hall–Kier alpha value is -1.87. The molecule has 1 unspecified atom stereocenters. The molecule has 0 aromatic heterocycles. The van der Waals surface area contributed by atoms with Crippen LogP contribution in [-0.4, -0.2) is 14.2 Å². The molecule has 0 spiro atoms. The van der Waals surface area contributed by atoms with Gasteiger partial charge in [-0.15, -0.1) is 0 Å². The van der Waals surface area contributed by atoms with Crippen LogP contribution in [-0.2, 0) is 17.1 Å². The Labute approximate surface area is 131 Å². The van der Waals surface area contributed by atoms with Crippen LogP contribution in [0.2, 0.25) is 0 Å².